The summed E-state index contributed by atoms with van der Waals surface area (Å²) in [5, 5.41) is 1.07. The van der Waals surface area contributed by atoms with E-state index in [2.05, 4.69) is 4.99 Å². The summed E-state index contributed by atoms with van der Waals surface area (Å²) < 4.78 is 24.1. The van der Waals surface area contributed by atoms with Crippen LogP contribution in [0.4, 0.5) is 5.69 Å². The molecule has 1 aromatic carbocycles. The van der Waals surface area contributed by atoms with Gasteiger partial charge in [-0.3, -0.25) is 4.79 Å². The highest BCUT2D eigenvalue weighted by Gasteiger charge is 2.49. The lowest BCUT2D eigenvalue weighted by molar-refractivity contribution is -0.117. The van der Waals surface area contributed by atoms with Crippen LogP contribution in [0.1, 0.15) is 31.7 Å². The van der Waals surface area contributed by atoms with Gasteiger partial charge in [0.2, 0.25) is 5.91 Å². The third kappa shape index (κ3) is 4.04. The molecule has 8 heteroatoms. The number of unbranched alkanes of at least 4 members (excludes halogenated alkanes) is 1. The van der Waals surface area contributed by atoms with Gasteiger partial charge in [-0.1, -0.05) is 42.8 Å². The Kier molecular flexibility index (Phi) is 5.46. The fraction of sp³-hybridized carbons (Fsp3) is 0.529. The van der Waals surface area contributed by atoms with E-state index >= 15 is 0 Å². The second kappa shape index (κ2) is 7.29. The van der Waals surface area contributed by atoms with Gasteiger partial charge in [0.25, 0.3) is 0 Å². The minimum Gasteiger partial charge on any atom is -0.315 e. The molecule has 0 N–H and O–H groups in total. The highest BCUT2D eigenvalue weighted by Crippen LogP contribution is 2.42. The number of sulfone groups is 1. The van der Waals surface area contributed by atoms with Crippen LogP contribution in [-0.4, -0.2) is 42.3 Å². The van der Waals surface area contributed by atoms with Crippen LogP contribution >= 0.6 is 23.4 Å². The van der Waals surface area contributed by atoms with Crippen LogP contribution in [-0.2, 0) is 14.6 Å². The molecule has 2 aliphatic rings. The molecular formula is C17H21ClN2O3S2. The molecule has 0 spiro atoms. The number of hydrogen-bond acceptors (Lipinski definition) is 4. The van der Waals surface area contributed by atoms with Crippen molar-refractivity contribution >= 4 is 50.0 Å². The second-order valence-electron chi connectivity index (χ2n) is 6.49. The topological polar surface area (TPSA) is 66.8 Å². The van der Waals surface area contributed by atoms with E-state index < -0.39 is 9.84 Å². The first-order valence-electron chi connectivity index (χ1n) is 8.34. The summed E-state index contributed by atoms with van der Waals surface area (Å²) in [6.45, 7) is 3.98. The lowest BCUT2D eigenvalue weighted by Crippen LogP contribution is -2.38. The van der Waals surface area contributed by atoms with E-state index in [1.165, 1.54) is 11.8 Å². The second-order valence-corrected chi connectivity index (χ2v) is 10.3. The Morgan fingerprint density at radius 1 is 1.40 bits per heavy atom. The van der Waals surface area contributed by atoms with Crippen molar-refractivity contribution in [2.45, 2.75) is 44.4 Å². The average Bonchev–Trinajstić information content (AvgIpc) is 2.98. The summed E-state index contributed by atoms with van der Waals surface area (Å²) in [5.41, 5.74) is 1.80. The summed E-state index contributed by atoms with van der Waals surface area (Å²) >= 11 is 7.55. The Balaban J connectivity index is 1.99. The highest BCUT2D eigenvalue weighted by molar-refractivity contribution is 8.16. The molecule has 1 amide bonds. The van der Waals surface area contributed by atoms with Gasteiger partial charge in [0.05, 0.1) is 17.5 Å². The Morgan fingerprint density at radius 2 is 2.16 bits per heavy atom. The third-order valence-corrected chi connectivity index (χ3v) is 7.91. The molecule has 25 heavy (non-hydrogen) atoms. The smallest absolute Gasteiger partial charge is 0.248 e. The normalized spacial score (nSPS) is 26.2. The summed E-state index contributed by atoms with van der Waals surface area (Å²) in [5.74, 6) is 0.0521. The minimum atomic E-state index is -3.07. The van der Waals surface area contributed by atoms with Crippen molar-refractivity contribution in [2.75, 3.05) is 16.4 Å². The van der Waals surface area contributed by atoms with Gasteiger partial charge in [-0.05, 0) is 31.0 Å². The number of thioether (sulfide) groups is 1. The summed E-state index contributed by atoms with van der Waals surface area (Å²) in [6, 6.07) is 5.31. The van der Waals surface area contributed by atoms with E-state index in [1.54, 1.807) is 6.07 Å². The molecule has 2 fully saturated rings. The predicted molar refractivity (Wildman–Crippen MR) is 104 cm³/mol. The molecule has 2 heterocycles. The number of aliphatic imine (C=N–C) groups is 1. The number of fused-ring (bicyclic) bond motifs is 1. The molecule has 2 atom stereocenters. The first-order valence-corrected chi connectivity index (χ1v) is 11.4. The monoisotopic (exact) mass is 400 g/mol. The summed E-state index contributed by atoms with van der Waals surface area (Å²) in [7, 11) is -3.07. The van der Waals surface area contributed by atoms with Gasteiger partial charge >= 0.3 is 0 Å². The zero-order valence-corrected chi connectivity index (χ0v) is 16.6. The molecule has 5 nitrogen and oxygen atoms in total. The van der Waals surface area contributed by atoms with E-state index in [-0.39, 0.29) is 28.7 Å². The maximum absolute atomic E-state index is 12.2. The average molecular weight is 401 g/mol. The number of aryl methyl sites for hydroxylation is 1. The molecule has 136 valence electrons. The minimum absolute atomic E-state index is 0.0821. The first-order chi connectivity index (χ1) is 11.8. The van der Waals surface area contributed by atoms with E-state index in [4.69, 9.17) is 11.6 Å². The molecule has 0 radical (unpaired) electrons. The highest BCUT2D eigenvalue weighted by atomic mass is 35.5. The molecule has 3 rings (SSSR count). The van der Waals surface area contributed by atoms with Gasteiger partial charge in [0.1, 0.15) is 0 Å². The number of carbonyl (C=O) groups excluding carboxylic acids is 1. The molecule has 2 aliphatic heterocycles. The summed E-state index contributed by atoms with van der Waals surface area (Å²) in [4.78, 5) is 18.4. The van der Waals surface area contributed by atoms with Crippen LogP contribution in [0.2, 0.25) is 5.02 Å². The Bertz CT molecular complexity index is 823. The Labute approximate surface area is 157 Å². The van der Waals surface area contributed by atoms with Crippen molar-refractivity contribution in [3.05, 3.63) is 28.8 Å². The Morgan fingerprint density at radius 3 is 2.88 bits per heavy atom. The number of rotatable bonds is 4. The maximum atomic E-state index is 12.2. The van der Waals surface area contributed by atoms with Crippen molar-refractivity contribution in [3.8, 4) is 0 Å². The van der Waals surface area contributed by atoms with Crippen LogP contribution in [0.25, 0.3) is 0 Å². The molecule has 0 bridgehead atoms. The standard InChI is InChI=1S/C17H21ClN2O3S2/c1-3-4-5-16(21)19-17-20(13-8-12(18)7-6-11(13)2)14-9-25(22,23)10-15(14)24-17/h6-8,14-15H,3-5,9-10H2,1-2H3/t14-,15+/m1/s1. The number of halogens is 1. The van der Waals surface area contributed by atoms with Crippen molar-refractivity contribution < 1.29 is 13.2 Å². The van der Waals surface area contributed by atoms with Gasteiger partial charge in [0.15, 0.2) is 15.0 Å². The van der Waals surface area contributed by atoms with E-state index in [1.807, 2.05) is 30.9 Å². The lowest BCUT2D eigenvalue weighted by atomic mass is 10.1. The summed E-state index contributed by atoms with van der Waals surface area (Å²) in [6.07, 6.45) is 2.15. The lowest BCUT2D eigenvalue weighted by Gasteiger charge is -2.26. The van der Waals surface area contributed by atoms with Crippen molar-refractivity contribution in [1.82, 2.24) is 0 Å². The largest absolute Gasteiger partial charge is 0.315 e. The third-order valence-electron chi connectivity index (χ3n) is 4.46. The van der Waals surface area contributed by atoms with Crippen molar-refractivity contribution in [2.24, 2.45) is 4.99 Å². The zero-order valence-electron chi connectivity index (χ0n) is 14.2. The van der Waals surface area contributed by atoms with Crippen LogP contribution in [0.3, 0.4) is 0 Å². The molecule has 0 aromatic heterocycles. The Hall–Kier alpha value is -1.05. The van der Waals surface area contributed by atoms with Crippen LogP contribution in [0.15, 0.2) is 23.2 Å². The quantitative estimate of drug-likeness (QED) is 0.774. The number of nitrogens with zero attached hydrogens (tertiary/aromatic N) is 2. The fourth-order valence-corrected chi connectivity index (χ4v) is 7.27. The SMILES string of the molecule is CCCCC(=O)N=C1S[C@H]2CS(=O)(=O)C[C@H]2N1c1cc(Cl)ccc1C. The van der Waals surface area contributed by atoms with Gasteiger partial charge in [0, 0.05) is 22.4 Å². The van der Waals surface area contributed by atoms with Gasteiger partial charge < -0.3 is 4.90 Å². The number of anilines is 1. The van der Waals surface area contributed by atoms with E-state index in [0.717, 1.165) is 24.1 Å². The first kappa shape index (κ1) is 18.7. The number of benzene rings is 1. The number of hydrogen-bond donors (Lipinski definition) is 0. The van der Waals surface area contributed by atoms with E-state index in [0.29, 0.717) is 16.6 Å². The molecule has 2 saturated heterocycles. The number of amidine groups is 1. The number of carbonyl (C=O) groups is 1. The van der Waals surface area contributed by atoms with Crippen LogP contribution < -0.4 is 4.90 Å². The zero-order chi connectivity index (χ0) is 18.2. The van der Waals surface area contributed by atoms with Crippen molar-refractivity contribution in [1.29, 1.82) is 0 Å². The molecule has 0 unspecified atom stereocenters. The van der Waals surface area contributed by atoms with Crippen LogP contribution in [0, 0.1) is 6.92 Å². The molecule has 0 aliphatic carbocycles. The predicted octanol–water partition coefficient (Wildman–Crippen LogP) is 3.44. The molecule has 0 saturated carbocycles. The van der Waals surface area contributed by atoms with Crippen LogP contribution in [0.5, 0.6) is 0 Å². The van der Waals surface area contributed by atoms with Gasteiger partial charge in [-0.25, -0.2) is 8.42 Å². The molecular weight excluding hydrogens is 380 g/mol. The van der Waals surface area contributed by atoms with Crippen molar-refractivity contribution in [3.63, 3.8) is 0 Å². The molecule has 1 aromatic rings. The van der Waals surface area contributed by atoms with E-state index in [9.17, 15) is 13.2 Å². The van der Waals surface area contributed by atoms with Gasteiger partial charge in [-0.15, -0.1) is 0 Å². The van der Waals surface area contributed by atoms with Gasteiger partial charge in [-0.2, -0.15) is 4.99 Å². The maximum Gasteiger partial charge on any atom is 0.248 e. The fourth-order valence-electron chi connectivity index (χ4n) is 3.18. The number of amides is 1.